The molecule has 1 amide bonds. The van der Waals surface area contributed by atoms with Crippen molar-refractivity contribution in [3.8, 4) is 11.8 Å². The number of nitrogens with zero attached hydrogens (tertiary/aromatic N) is 1. The zero-order chi connectivity index (χ0) is 25.3. The van der Waals surface area contributed by atoms with Crippen LogP contribution in [0.2, 0.25) is 0 Å². The molecule has 0 saturated carbocycles. The SMILES string of the molecule is CCOC(=O)c1ccc(C#CC2=CNC(NCCNC(=O)c3ccccc3C(F)(F)F)C=C2)nc1. The fourth-order valence-corrected chi connectivity index (χ4v) is 3.05. The molecule has 182 valence electrons. The Bertz CT molecular complexity index is 1180. The van der Waals surface area contributed by atoms with Gasteiger partial charge in [-0.2, -0.15) is 13.2 Å². The van der Waals surface area contributed by atoms with Crippen LogP contribution < -0.4 is 16.0 Å². The molecule has 1 unspecified atom stereocenters. The fraction of sp³-hybridized carbons (Fsp3) is 0.240. The van der Waals surface area contributed by atoms with Gasteiger partial charge in [0.2, 0.25) is 0 Å². The number of pyridine rings is 1. The first-order valence-corrected chi connectivity index (χ1v) is 10.8. The summed E-state index contributed by atoms with van der Waals surface area (Å²) in [6, 6.07) is 7.89. The van der Waals surface area contributed by atoms with E-state index in [4.69, 9.17) is 4.74 Å². The van der Waals surface area contributed by atoms with Crippen molar-refractivity contribution in [3.63, 3.8) is 0 Å². The van der Waals surface area contributed by atoms with E-state index in [2.05, 4.69) is 32.8 Å². The number of halogens is 3. The van der Waals surface area contributed by atoms with Crippen LogP contribution in [-0.4, -0.2) is 42.7 Å². The molecule has 1 aliphatic heterocycles. The maximum absolute atomic E-state index is 13.1. The largest absolute Gasteiger partial charge is 0.462 e. The van der Waals surface area contributed by atoms with E-state index in [1.54, 1.807) is 31.3 Å². The zero-order valence-electron chi connectivity index (χ0n) is 18.8. The van der Waals surface area contributed by atoms with Crippen LogP contribution in [0.3, 0.4) is 0 Å². The van der Waals surface area contributed by atoms with E-state index < -0.39 is 29.2 Å². The fourth-order valence-electron chi connectivity index (χ4n) is 3.05. The van der Waals surface area contributed by atoms with E-state index in [9.17, 15) is 22.8 Å². The van der Waals surface area contributed by atoms with Gasteiger partial charge in [-0.3, -0.25) is 10.1 Å². The van der Waals surface area contributed by atoms with Gasteiger partial charge in [-0.25, -0.2) is 9.78 Å². The summed E-state index contributed by atoms with van der Waals surface area (Å²) in [5.41, 5.74) is 0.176. The first kappa shape index (κ1) is 25.5. The average Bonchev–Trinajstić information content (AvgIpc) is 2.86. The molecule has 2 heterocycles. The highest BCUT2D eigenvalue weighted by atomic mass is 19.4. The second-order valence-electron chi connectivity index (χ2n) is 7.26. The van der Waals surface area contributed by atoms with Gasteiger partial charge < -0.3 is 15.4 Å². The number of carbonyl (C=O) groups excluding carboxylic acids is 2. The zero-order valence-corrected chi connectivity index (χ0v) is 18.8. The number of dihydropyridines is 1. The maximum Gasteiger partial charge on any atom is 0.417 e. The molecule has 1 atom stereocenters. The molecule has 10 heteroatoms. The quantitative estimate of drug-likeness (QED) is 0.318. The monoisotopic (exact) mass is 484 g/mol. The number of benzene rings is 1. The van der Waals surface area contributed by atoms with Gasteiger partial charge in [-0.05, 0) is 49.3 Å². The number of allylic oxidation sites excluding steroid dienone is 2. The molecule has 0 fully saturated rings. The summed E-state index contributed by atoms with van der Waals surface area (Å²) < 4.78 is 44.1. The van der Waals surface area contributed by atoms with Gasteiger partial charge in [0.05, 0.1) is 29.5 Å². The molecule has 0 bridgehead atoms. The van der Waals surface area contributed by atoms with Crippen LogP contribution >= 0.6 is 0 Å². The predicted molar refractivity (Wildman–Crippen MR) is 123 cm³/mol. The second-order valence-corrected chi connectivity index (χ2v) is 7.26. The third-order valence-electron chi connectivity index (χ3n) is 4.75. The van der Waals surface area contributed by atoms with Crippen LogP contribution in [0, 0.1) is 11.8 Å². The summed E-state index contributed by atoms with van der Waals surface area (Å²) >= 11 is 0. The minimum atomic E-state index is -4.60. The van der Waals surface area contributed by atoms with E-state index in [1.807, 2.05) is 6.08 Å². The van der Waals surface area contributed by atoms with Crippen molar-refractivity contribution in [2.24, 2.45) is 0 Å². The number of rotatable bonds is 7. The second kappa shape index (κ2) is 11.9. The Balaban J connectivity index is 1.43. The number of carbonyl (C=O) groups is 2. The Labute approximate surface area is 200 Å². The third kappa shape index (κ3) is 7.45. The summed E-state index contributed by atoms with van der Waals surface area (Å²) in [4.78, 5) is 27.9. The van der Waals surface area contributed by atoms with Crippen LogP contribution in [0.4, 0.5) is 13.2 Å². The molecule has 0 aliphatic carbocycles. The number of amides is 1. The number of ether oxygens (including phenoxy) is 1. The molecular weight excluding hydrogens is 461 g/mol. The van der Waals surface area contributed by atoms with Gasteiger partial charge in [0.1, 0.15) is 5.69 Å². The highest BCUT2D eigenvalue weighted by Gasteiger charge is 2.34. The highest BCUT2D eigenvalue weighted by molar-refractivity contribution is 5.95. The molecule has 0 spiro atoms. The Morgan fingerprint density at radius 2 is 1.94 bits per heavy atom. The van der Waals surface area contributed by atoms with E-state index in [1.165, 1.54) is 18.3 Å². The minimum Gasteiger partial charge on any atom is -0.462 e. The normalized spacial score (nSPS) is 14.7. The summed E-state index contributed by atoms with van der Waals surface area (Å²) in [6.07, 6.45) is 1.90. The van der Waals surface area contributed by atoms with Gasteiger partial charge in [0.25, 0.3) is 5.91 Å². The van der Waals surface area contributed by atoms with Crippen LogP contribution in [0.15, 0.2) is 66.5 Å². The van der Waals surface area contributed by atoms with Gasteiger partial charge >= 0.3 is 12.1 Å². The first-order valence-electron chi connectivity index (χ1n) is 10.8. The number of esters is 1. The molecule has 35 heavy (non-hydrogen) atoms. The number of hydrogen-bond acceptors (Lipinski definition) is 6. The van der Waals surface area contributed by atoms with E-state index in [0.29, 0.717) is 23.4 Å². The molecule has 2 aromatic rings. The van der Waals surface area contributed by atoms with Crippen molar-refractivity contribution >= 4 is 11.9 Å². The van der Waals surface area contributed by atoms with E-state index in [0.717, 1.165) is 12.1 Å². The molecule has 1 aromatic carbocycles. The molecule has 7 nitrogen and oxygen atoms in total. The Morgan fingerprint density at radius 1 is 1.14 bits per heavy atom. The molecule has 0 saturated heterocycles. The predicted octanol–water partition coefficient (Wildman–Crippen LogP) is 3.02. The lowest BCUT2D eigenvalue weighted by atomic mass is 10.1. The summed E-state index contributed by atoms with van der Waals surface area (Å²) in [5, 5.41) is 8.69. The summed E-state index contributed by atoms with van der Waals surface area (Å²) in [7, 11) is 0. The van der Waals surface area contributed by atoms with Gasteiger partial charge in [0.15, 0.2) is 0 Å². The summed E-state index contributed by atoms with van der Waals surface area (Å²) in [6.45, 7) is 2.48. The van der Waals surface area contributed by atoms with Crippen LogP contribution in [0.1, 0.15) is 38.9 Å². The summed E-state index contributed by atoms with van der Waals surface area (Å²) in [5.74, 6) is 4.64. The van der Waals surface area contributed by atoms with E-state index >= 15 is 0 Å². The lowest BCUT2D eigenvalue weighted by Crippen LogP contribution is -2.43. The molecule has 3 N–H and O–H groups in total. The molecule has 1 aromatic heterocycles. The average molecular weight is 484 g/mol. The van der Waals surface area contributed by atoms with Gasteiger partial charge in [-0.1, -0.05) is 18.1 Å². The molecule has 3 rings (SSSR count). The van der Waals surface area contributed by atoms with Gasteiger partial charge in [0, 0.05) is 31.1 Å². The van der Waals surface area contributed by atoms with Gasteiger partial charge in [-0.15, -0.1) is 0 Å². The first-order chi connectivity index (χ1) is 16.8. The van der Waals surface area contributed by atoms with Crippen LogP contribution in [0.25, 0.3) is 0 Å². The lowest BCUT2D eigenvalue weighted by Gasteiger charge is -2.19. The molecule has 1 aliphatic rings. The van der Waals surface area contributed by atoms with Crippen molar-refractivity contribution in [3.05, 3.63) is 88.9 Å². The Kier molecular flexibility index (Phi) is 8.64. The number of aromatic nitrogens is 1. The Hall–Kier alpha value is -4.10. The minimum absolute atomic E-state index is 0.140. The van der Waals surface area contributed by atoms with Crippen molar-refractivity contribution in [1.82, 2.24) is 20.9 Å². The molecule has 0 radical (unpaired) electrons. The smallest absolute Gasteiger partial charge is 0.417 e. The Morgan fingerprint density at radius 3 is 2.60 bits per heavy atom. The van der Waals surface area contributed by atoms with Crippen molar-refractivity contribution in [2.45, 2.75) is 19.3 Å². The van der Waals surface area contributed by atoms with Crippen LogP contribution in [0.5, 0.6) is 0 Å². The number of alkyl halides is 3. The number of hydrogen-bond donors (Lipinski definition) is 3. The highest BCUT2D eigenvalue weighted by Crippen LogP contribution is 2.31. The van der Waals surface area contributed by atoms with Crippen molar-refractivity contribution in [2.75, 3.05) is 19.7 Å². The lowest BCUT2D eigenvalue weighted by molar-refractivity contribution is -0.137. The maximum atomic E-state index is 13.1. The standard InChI is InChI=1S/C25H23F3N4O3/c1-2-35-24(34)18-9-11-19(31-16-18)10-7-17-8-12-22(32-15-17)29-13-14-30-23(33)20-5-3-4-6-21(20)25(26,27)28/h3-6,8-9,11-12,15-16,22,29,32H,2,13-14H2,1H3,(H,30,33). The van der Waals surface area contributed by atoms with Crippen molar-refractivity contribution in [1.29, 1.82) is 0 Å². The van der Waals surface area contributed by atoms with Crippen LogP contribution in [-0.2, 0) is 10.9 Å². The molecular formula is C25H23F3N4O3. The number of nitrogens with one attached hydrogen (secondary N) is 3. The topological polar surface area (TPSA) is 92.4 Å². The third-order valence-corrected chi connectivity index (χ3v) is 4.75. The van der Waals surface area contributed by atoms with Crippen molar-refractivity contribution < 1.29 is 27.5 Å². The van der Waals surface area contributed by atoms with E-state index in [-0.39, 0.29) is 19.3 Å².